The average molecular weight is 436 g/mol. The summed E-state index contributed by atoms with van der Waals surface area (Å²) in [6.45, 7) is 10.00. The standard InChI is InChI=1S/C23H33NO7/c1-6-7-10-13-26-15-12-9-8-11-14(15)24-20(25)18-16-17(29-22(2,3)28-16)19-21(27-18)31-23(4,5)30-19/h8-9,11-12,16-19,21H,6-7,10,13H2,1-5H3,(H,24,25)/t16-,17-,18+,19-,21+/m0/s1. The van der Waals surface area contributed by atoms with Crippen LogP contribution in [0.2, 0.25) is 0 Å². The molecule has 5 atom stereocenters. The van der Waals surface area contributed by atoms with Crippen LogP contribution in [0, 0.1) is 0 Å². The lowest BCUT2D eigenvalue weighted by molar-refractivity contribution is -0.229. The van der Waals surface area contributed by atoms with E-state index >= 15 is 0 Å². The molecule has 0 spiro atoms. The van der Waals surface area contributed by atoms with Gasteiger partial charge in [-0.2, -0.15) is 0 Å². The fourth-order valence-corrected chi connectivity index (χ4v) is 4.26. The van der Waals surface area contributed by atoms with E-state index in [0.29, 0.717) is 18.0 Å². The molecule has 0 aromatic heterocycles. The smallest absolute Gasteiger partial charge is 0.256 e. The summed E-state index contributed by atoms with van der Waals surface area (Å²) in [6, 6.07) is 7.38. The zero-order valence-electron chi connectivity index (χ0n) is 18.9. The topological polar surface area (TPSA) is 84.5 Å². The highest BCUT2D eigenvalue weighted by molar-refractivity contribution is 5.96. The van der Waals surface area contributed by atoms with Gasteiger partial charge in [0.25, 0.3) is 5.91 Å². The number of nitrogens with one attached hydrogen (secondary N) is 1. The van der Waals surface area contributed by atoms with Crippen LogP contribution in [0.4, 0.5) is 5.69 Å². The molecule has 1 amide bonds. The number of carbonyl (C=O) groups is 1. The fraction of sp³-hybridized carbons (Fsp3) is 0.696. The predicted octanol–water partition coefficient (Wildman–Crippen LogP) is 3.59. The van der Waals surface area contributed by atoms with Crippen molar-refractivity contribution in [2.45, 2.75) is 96.2 Å². The third-order valence-electron chi connectivity index (χ3n) is 5.56. The van der Waals surface area contributed by atoms with Crippen molar-refractivity contribution in [2.75, 3.05) is 11.9 Å². The van der Waals surface area contributed by atoms with Crippen LogP contribution in [-0.2, 0) is 28.5 Å². The summed E-state index contributed by atoms with van der Waals surface area (Å²) in [7, 11) is 0. The Bertz CT molecular complexity index is 796. The fourth-order valence-electron chi connectivity index (χ4n) is 4.26. The molecule has 0 unspecified atom stereocenters. The number of fused-ring (bicyclic) bond motifs is 3. The quantitative estimate of drug-likeness (QED) is 0.655. The number of anilines is 1. The second kappa shape index (κ2) is 8.67. The lowest BCUT2D eigenvalue weighted by atomic mass is 9.98. The van der Waals surface area contributed by atoms with Crippen molar-refractivity contribution in [2.24, 2.45) is 0 Å². The van der Waals surface area contributed by atoms with Gasteiger partial charge in [0.05, 0.1) is 12.3 Å². The van der Waals surface area contributed by atoms with Crippen molar-refractivity contribution in [3.63, 3.8) is 0 Å². The minimum Gasteiger partial charge on any atom is -0.491 e. The van der Waals surface area contributed by atoms with E-state index in [1.165, 1.54) is 0 Å². The van der Waals surface area contributed by atoms with E-state index < -0.39 is 42.3 Å². The minimum absolute atomic E-state index is 0.340. The van der Waals surface area contributed by atoms with Gasteiger partial charge in [-0.25, -0.2) is 0 Å². The largest absolute Gasteiger partial charge is 0.491 e. The zero-order valence-corrected chi connectivity index (χ0v) is 18.9. The van der Waals surface area contributed by atoms with Crippen molar-refractivity contribution >= 4 is 11.6 Å². The number of ether oxygens (including phenoxy) is 6. The van der Waals surface area contributed by atoms with Gasteiger partial charge in [-0.05, 0) is 46.2 Å². The Morgan fingerprint density at radius 1 is 0.968 bits per heavy atom. The second-order valence-corrected chi connectivity index (χ2v) is 9.13. The van der Waals surface area contributed by atoms with E-state index in [-0.39, 0.29) is 5.91 Å². The van der Waals surface area contributed by atoms with Crippen molar-refractivity contribution in [1.82, 2.24) is 0 Å². The number of amides is 1. The third-order valence-corrected chi connectivity index (χ3v) is 5.56. The Hall–Kier alpha value is -1.71. The minimum atomic E-state index is -0.918. The summed E-state index contributed by atoms with van der Waals surface area (Å²) in [5.41, 5.74) is 0.591. The van der Waals surface area contributed by atoms with E-state index in [0.717, 1.165) is 19.3 Å². The molecular weight excluding hydrogens is 402 g/mol. The maximum absolute atomic E-state index is 13.3. The van der Waals surface area contributed by atoms with Crippen LogP contribution in [0.3, 0.4) is 0 Å². The zero-order chi connectivity index (χ0) is 22.2. The van der Waals surface area contributed by atoms with E-state index in [4.69, 9.17) is 28.4 Å². The van der Waals surface area contributed by atoms with Crippen molar-refractivity contribution in [3.05, 3.63) is 24.3 Å². The van der Waals surface area contributed by atoms with E-state index in [2.05, 4.69) is 12.2 Å². The normalized spacial score (nSPS) is 32.9. The highest BCUT2D eigenvalue weighted by Gasteiger charge is 2.62. The summed E-state index contributed by atoms with van der Waals surface area (Å²) in [4.78, 5) is 13.3. The molecule has 3 saturated heterocycles. The monoisotopic (exact) mass is 435 g/mol. The molecule has 8 nitrogen and oxygen atoms in total. The first-order chi connectivity index (χ1) is 14.7. The van der Waals surface area contributed by atoms with Crippen LogP contribution >= 0.6 is 0 Å². The van der Waals surface area contributed by atoms with Gasteiger partial charge in [-0.15, -0.1) is 0 Å². The molecule has 0 aliphatic carbocycles. The Morgan fingerprint density at radius 2 is 1.65 bits per heavy atom. The number of carbonyl (C=O) groups excluding carboxylic acids is 1. The molecule has 1 aromatic carbocycles. The predicted molar refractivity (Wildman–Crippen MR) is 113 cm³/mol. The van der Waals surface area contributed by atoms with Gasteiger partial charge in [-0.3, -0.25) is 4.79 Å². The molecule has 0 saturated carbocycles. The number of benzene rings is 1. The van der Waals surface area contributed by atoms with Gasteiger partial charge in [0.1, 0.15) is 24.1 Å². The molecular formula is C23H33NO7. The highest BCUT2D eigenvalue weighted by atomic mass is 16.9. The first-order valence-electron chi connectivity index (χ1n) is 11.1. The number of para-hydroxylation sites is 2. The molecule has 4 rings (SSSR count). The van der Waals surface area contributed by atoms with Crippen molar-refractivity contribution < 1.29 is 33.2 Å². The van der Waals surface area contributed by atoms with Gasteiger partial charge in [0, 0.05) is 0 Å². The summed E-state index contributed by atoms with van der Waals surface area (Å²) < 4.78 is 35.9. The Kier molecular flexibility index (Phi) is 6.29. The molecule has 172 valence electrons. The third kappa shape index (κ3) is 4.88. The molecule has 8 heteroatoms. The van der Waals surface area contributed by atoms with Crippen LogP contribution in [0.25, 0.3) is 0 Å². The lowest BCUT2D eigenvalue weighted by Crippen LogP contribution is -2.58. The molecule has 0 radical (unpaired) electrons. The maximum Gasteiger partial charge on any atom is 0.256 e. The van der Waals surface area contributed by atoms with Gasteiger partial charge < -0.3 is 33.7 Å². The molecule has 1 aromatic rings. The average Bonchev–Trinajstić information content (AvgIpc) is 3.19. The Morgan fingerprint density at radius 3 is 2.42 bits per heavy atom. The molecule has 3 aliphatic rings. The van der Waals surface area contributed by atoms with Crippen molar-refractivity contribution in [3.8, 4) is 5.75 Å². The van der Waals surface area contributed by atoms with Crippen LogP contribution in [0.1, 0.15) is 53.9 Å². The Balaban J connectivity index is 1.50. The van der Waals surface area contributed by atoms with Gasteiger partial charge in [0.15, 0.2) is 24.0 Å². The second-order valence-electron chi connectivity index (χ2n) is 9.13. The number of unbranched alkanes of at least 4 members (excludes halogenated alkanes) is 2. The Labute approximate surface area is 183 Å². The molecule has 0 bridgehead atoms. The number of hydrogen-bond donors (Lipinski definition) is 1. The molecule has 1 N–H and O–H groups in total. The number of rotatable bonds is 7. The van der Waals surface area contributed by atoms with Crippen LogP contribution in [0.15, 0.2) is 24.3 Å². The molecule has 3 aliphatic heterocycles. The first-order valence-corrected chi connectivity index (χ1v) is 11.1. The van der Waals surface area contributed by atoms with E-state index in [9.17, 15) is 4.79 Å². The molecule has 3 fully saturated rings. The first kappa shape index (κ1) is 22.5. The van der Waals surface area contributed by atoms with Gasteiger partial charge in [-0.1, -0.05) is 31.9 Å². The maximum atomic E-state index is 13.3. The molecule has 31 heavy (non-hydrogen) atoms. The SMILES string of the molecule is CCCCCOc1ccccc1NC(=O)[C@@H]1O[C@@H]2OC(C)(C)O[C@H]2[C@H]2OC(C)(C)O[C@@H]21. The van der Waals surface area contributed by atoms with E-state index in [1.807, 2.05) is 52.0 Å². The summed E-state index contributed by atoms with van der Waals surface area (Å²) in [5, 5.41) is 2.94. The molecule has 3 heterocycles. The van der Waals surface area contributed by atoms with Crippen LogP contribution < -0.4 is 10.1 Å². The van der Waals surface area contributed by atoms with Crippen molar-refractivity contribution in [1.29, 1.82) is 0 Å². The van der Waals surface area contributed by atoms with Crippen LogP contribution in [0.5, 0.6) is 5.75 Å². The lowest BCUT2D eigenvalue weighted by Gasteiger charge is -2.36. The summed E-state index contributed by atoms with van der Waals surface area (Å²) in [5.74, 6) is -1.40. The van der Waals surface area contributed by atoms with Gasteiger partial charge >= 0.3 is 0 Å². The van der Waals surface area contributed by atoms with Crippen LogP contribution in [-0.4, -0.2) is 54.8 Å². The van der Waals surface area contributed by atoms with Gasteiger partial charge in [0.2, 0.25) is 0 Å². The highest BCUT2D eigenvalue weighted by Crippen LogP contribution is 2.44. The summed E-state index contributed by atoms with van der Waals surface area (Å²) >= 11 is 0. The summed E-state index contributed by atoms with van der Waals surface area (Å²) in [6.07, 6.45) is -0.0272. The number of hydrogen-bond acceptors (Lipinski definition) is 7. The van der Waals surface area contributed by atoms with E-state index in [1.54, 1.807) is 0 Å².